The maximum Gasteiger partial charge on any atom is 0.263 e. The van der Waals surface area contributed by atoms with Crippen LogP contribution in [0, 0.1) is 11.3 Å². The highest BCUT2D eigenvalue weighted by atomic mass is 79.9. The lowest BCUT2D eigenvalue weighted by atomic mass is 10.2. The highest BCUT2D eigenvalue weighted by Crippen LogP contribution is 2.21. The number of unbranched alkanes of at least 4 members (excludes halogenated alkanes) is 1. The van der Waals surface area contributed by atoms with Gasteiger partial charge in [-0.1, -0.05) is 25.5 Å². The molecule has 0 unspecified atom stereocenters. The van der Waals surface area contributed by atoms with Crippen LogP contribution in [-0.2, 0) is 4.79 Å². The molecule has 4 nitrogen and oxygen atoms in total. The van der Waals surface area contributed by atoms with Crippen LogP contribution in [0.5, 0.6) is 0 Å². The van der Waals surface area contributed by atoms with Gasteiger partial charge in [-0.05, 0) is 34.5 Å². The molecule has 1 aromatic rings. The zero-order chi connectivity index (χ0) is 14.1. The molecule has 0 heterocycles. The number of anilines is 1. The molecule has 0 spiro atoms. The van der Waals surface area contributed by atoms with Crippen molar-refractivity contribution in [2.45, 2.75) is 19.8 Å². The van der Waals surface area contributed by atoms with Crippen molar-refractivity contribution < 1.29 is 4.79 Å². The second kappa shape index (κ2) is 8.33. The van der Waals surface area contributed by atoms with Gasteiger partial charge >= 0.3 is 0 Å². The van der Waals surface area contributed by atoms with Gasteiger partial charge in [0.1, 0.15) is 11.6 Å². The van der Waals surface area contributed by atoms with Crippen LogP contribution in [-0.4, -0.2) is 12.5 Å². The largest absolute Gasteiger partial charge is 0.359 e. The maximum atomic E-state index is 11.7. The number of amides is 1. The van der Waals surface area contributed by atoms with Crippen molar-refractivity contribution in [1.29, 1.82) is 5.26 Å². The van der Waals surface area contributed by atoms with E-state index in [4.69, 9.17) is 5.26 Å². The first kappa shape index (κ1) is 15.3. The van der Waals surface area contributed by atoms with Gasteiger partial charge in [0, 0.05) is 17.2 Å². The molecule has 0 atom stereocenters. The molecular formula is C14H16BrN3O. The third-order valence-electron chi connectivity index (χ3n) is 2.43. The standard InChI is InChI=1S/C14H16BrN3O/c1-2-3-8-17-14(19)11(9-16)10-18-13-7-5-4-6-12(13)15/h4-7,10,18H,2-3,8H2,1H3,(H,17,19)/b11-10-. The Bertz CT molecular complexity index is 506. The summed E-state index contributed by atoms with van der Waals surface area (Å²) in [4.78, 5) is 11.7. The first-order valence-corrected chi connectivity index (χ1v) is 6.88. The summed E-state index contributed by atoms with van der Waals surface area (Å²) in [6.45, 7) is 2.63. The molecule has 1 aromatic carbocycles. The van der Waals surface area contributed by atoms with Gasteiger partial charge in [0.2, 0.25) is 0 Å². The van der Waals surface area contributed by atoms with E-state index in [9.17, 15) is 4.79 Å². The molecule has 0 saturated carbocycles. The summed E-state index contributed by atoms with van der Waals surface area (Å²) in [7, 11) is 0. The van der Waals surface area contributed by atoms with E-state index in [1.807, 2.05) is 37.3 Å². The van der Waals surface area contributed by atoms with Gasteiger partial charge in [-0.15, -0.1) is 0 Å². The molecule has 0 aliphatic carbocycles. The SMILES string of the molecule is CCCCNC(=O)/C(C#N)=C\Nc1ccccc1Br. The van der Waals surface area contributed by atoms with Crippen molar-refractivity contribution >= 4 is 27.5 Å². The molecule has 5 heteroatoms. The summed E-state index contributed by atoms with van der Waals surface area (Å²) in [5, 5.41) is 14.6. The van der Waals surface area contributed by atoms with Crippen molar-refractivity contribution in [2.75, 3.05) is 11.9 Å². The number of nitrogens with zero attached hydrogens (tertiary/aromatic N) is 1. The molecule has 0 aliphatic heterocycles. The van der Waals surface area contributed by atoms with Gasteiger partial charge in [-0.2, -0.15) is 5.26 Å². The van der Waals surface area contributed by atoms with Crippen LogP contribution in [0.15, 0.2) is 40.5 Å². The molecule has 0 radical (unpaired) electrons. The van der Waals surface area contributed by atoms with E-state index in [1.54, 1.807) is 0 Å². The van der Waals surface area contributed by atoms with Gasteiger partial charge in [-0.3, -0.25) is 4.79 Å². The number of nitrogens with one attached hydrogen (secondary N) is 2. The van der Waals surface area contributed by atoms with Gasteiger partial charge in [0.05, 0.1) is 5.69 Å². The first-order chi connectivity index (χ1) is 9.19. The number of carbonyl (C=O) groups is 1. The molecule has 19 heavy (non-hydrogen) atoms. The highest BCUT2D eigenvalue weighted by Gasteiger charge is 2.07. The predicted molar refractivity (Wildman–Crippen MR) is 79.4 cm³/mol. The summed E-state index contributed by atoms with van der Waals surface area (Å²) in [5.74, 6) is -0.351. The van der Waals surface area contributed by atoms with Crippen molar-refractivity contribution in [2.24, 2.45) is 0 Å². The molecule has 1 amide bonds. The Labute approximate surface area is 121 Å². The number of benzene rings is 1. The van der Waals surface area contributed by atoms with Gasteiger partial charge in [-0.25, -0.2) is 0 Å². The lowest BCUT2D eigenvalue weighted by Gasteiger charge is -2.05. The van der Waals surface area contributed by atoms with E-state index < -0.39 is 0 Å². The molecule has 0 saturated heterocycles. The molecule has 0 aliphatic rings. The Morgan fingerprint density at radius 2 is 2.21 bits per heavy atom. The average Bonchev–Trinajstić information content (AvgIpc) is 2.41. The summed E-state index contributed by atoms with van der Waals surface area (Å²) >= 11 is 3.38. The van der Waals surface area contributed by atoms with E-state index in [2.05, 4.69) is 26.6 Å². The van der Waals surface area contributed by atoms with Crippen molar-refractivity contribution in [3.05, 3.63) is 40.5 Å². The minimum atomic E-state index is -0.351. The summed E-state index contributed by atoms with van der Waals surface area (Å²) in [6.07, 6.45) is 3.32. The topological polar surface area (TPSA) is 64.9 Å². The van der Waals surface area contributed by atoms with Crippen LogP contribution < -0.4 is 10.6 Å². The molecule has 1 rings (SSSR count). The van der Waals surface area contributed by atoms with Crippen LogP contribution in [0.1, 0.15) is 19.8 Å². The average molecular weight is 322 g/mol. The van der Waals surface area contributed by atoms with Crippen molar-refractivity contribution in [3.8, 4) is 6.07 Å². The van der Waals surface area contributed by atoms with Crippen molar-refractivity contribution in [3.63, 3.8) is 0 Å². The lowest BCUT2D eigenvalue weighted by Crippen LogP contribution is -2.25. The summed E-state index contributed by atoms with van der Waals surface area (Å²) in [6, 6.07) is 9.38. The van der Waals surface area contributed by atoms with E-state index >= 15 is 0 Å². The maximum absolute atomic E-state index is 11.7. The van der Waals surface area contributed by atoms with E-state index in [0.29, 0.717) is 6.54 Å². The fourth-order valence-corrected chi connectivity index (χ4v) is 1.75. The number of para-hydroxylation sites is 1. The molecule has 2 N–H and O–H groups in total. The van der Waals surface area contributed by atoms with Crippen LogP contribution in [0.3, 0.4) is 0 Å². The zero-order valence-corrected chi connectivity index (χ0v) is 12.3. The Morgan fingerprint density at radius 3 is 2.84 bits per heavy atom. The van der Waals surface area contributed by atoms with Gasteiger partial charge in [0.15, 0.2) is 0 Å². The smallest absolute Gasteiger partial charge is 0.263 e. The van der Waals surface area contributed by atoms with Gasteiger partial charge in [0.25, 0.3) is 5.91 Å². The monoisotopic (exact) mass is 321 g/mol. The fourth-order valence-electron chi connectivity index (χ4n) is 1.35. The highest BCUT2D eigenvalue weighted by molar-refractivity contribution is 9.10. The Hall–Kier alpha value is -1.80. The number of carbonyl (C=O) groups excluding carboxylic acids is 1. The third kappa shape index (κ3) is 5.14. The number of nitriles is 1. The van der Waals surface area contributed by atoms with E-state index in [1.165, 1.54) is 6.20 Å². The normalized spacial score (nSPS) is 10.7. The molecule has 0 aromatic heterocycles. The van der Waals surface area contributed by atoms with Crippen LogP contribution in [0.4, 0.5) is 5.69 Å². The Kier molecular flexibility index (Phi) is 6.69. The quantitative estimate of drug-likeness (QED) is 0.480. The Balaban J connectivity index is 2.65. The van der Waals surface area contributed by atoms with E-state index in [0.717, 1.165) is 23.0 Å². The van der Waals surface area contributed by atoms with Crippen LogP contribution in [0.25, 0.3) is 0 Å². The van der Waals surface area contributed by atoms with Gasteiger partial charge < -0.3 is 10.6 Å². The fraction of sp³-hybridized carbons (Fsp3) is 0.286. The number of hydrogen-bond donors (Lipinski definition) is 2. The molecule has 0 fully saturated rings. The molecule has 0 bridgehead atoms. The third-order valence-corrected chi connectivity index (χ3v) is 3.12. The zero-order valence-electron chi connectivity index (χ0n) is 10.7. The molecular weight excluding hydrogens is 306 g/mol. The first-order valence-electron chi connectivity index (χ1n) is 6.08. The summed E-state index contributed by atoms with van der Waals surface area (Å²) in [5.41, 5.74) is 0.864. The lowest BCUT2D eigenvalue weighted by molar-refractivity contribution is -0.117. The van der Waals surface area contributed by atoms with Crippen LogP contribution >= 0.6 is 15.9 Å². The Morgan fingerprint density at radius 1 is 1.47 bits per heavy atom. The second-order valence-electron chi connectivity index (χ2n) is 3.90. The van der Waals surface area contributed by atoms with Crippen molar-refractivity contribution in [1.82, 2.24) is 5.32 Å². The minimum absolute atomic E-state index is 0.0619. The predicted octanol–water partition coefficient (Wildman–Crippen LogP) is 3.18. The molecule has 100 valence electrons. The minimum Gasteiger partial charge on any atom is -0.359 e. The number of hydrogen-bond acceptors (Lipinski definition) is 3. The summed E-state index contributed by atoms with van der Waals surface area (Å²) < 4.78 is 0.870. The second-order valence-corrected chi connectivity index (χ2v) is 4.76. The number of rotatable bonds is 6. The van der Waals surface area contributed by atoms with Crippen LogP contribution in [0.2, 0.25) is 0 Å². The number of halogens is 1. The van der Waals surface area contributed by atoms with E-state index in [-0.39, 0.29) is 11.5 Å².